The molecule has 0 aliphatic heterocycles. The number of rotatable bonds is 11. The molecule has 2 aromatic heterocycles. The van der Waals surface area contributed by atoms with Crippen molar-refractivity contribution >= 4 is 11.6 Å². The number of hydrogen-bond donors (Lipinski definition) is 0. The van der Waals surface area contributed by atoms with Crippen LogP contribution in [0.5, 0.6) is 0 Å². The topological polar surface area (TPSA) is 82.0 Å². The Hall–Kier alpha value is -4.29. The Morgan fingerprint density at radius 3 is 2.51 bits per heavy atom. The summed E-state index contributed by atoms with van der Waals surface area (Å²) in [6.07, 6.45) is 9.66. The molecule has 2 heterocycles. The van der Waals surface area contributed by atoms with Gasteiger partial charge in [0.2, 0.25) is 0 Å². The van der Waals surface area contributed by atoms with Gasteiger partial charge in [0, 0.05) is 56.1 Å². The Morgan fingerprint density at radius 2 is 1.76 bits per heavy atom. The zero-order chi connectivity index (χ0) is 26.0. The molecule has 0 amide bonds. The first-order valence-electron chi connectivity index (χ1n) is 12.1. The fourth-order valence-electron chi connectivity index (χ4n) is 3.99. The minimum absolute atomic E-state index is 0.00161. The average molecular weight is 492 g/mol. The van der Waals surface area contributed by atoms with Crippen LogP contribution in [0.15, 0.2) is 91.4 Å². The van der Waals surface area contributed by atoms with Gasteiger partial charge in [-0.05, 0) is 53.5 Å². The van der Waals surface area contributed by atoms with Crippen LogP contribution in [-0.4, -0.2) is 40.2 Å². The SMILES string of the molecule is COC/C=C/C(=O)Cc1ccc(C(=O)Cc2ccc(C)c(Cc3nccc(-c4cccnc4)n3)c2)cc1. The molecule has 0 aliphatic rings. The van der Waals surface area contributed by atoms with E-state index in [0.717, 1.165) is 39.3 Å². The van der Waals surface area contributed by atoms with E-state index in [1.807, 2.05) is 42.5 Å². The fourth-order valence-corrected chi connectivity index (χ4v) is 3.99. The van der Waals surface area contributed by atoms with E-state index in [4.69, 9.17) is 9.72 Å². The summed E-state index contributed by atoms with van der Waals surface area (Å²) in [4.78, 5) is 38.3. The molecular weight excluding hydrogens is 462 g/mol. The quantitative estimate of drug-likeness (QED) is 0.212. The van der Waals surface area contributed by atoms with Crippen LogP contribution in [0.4, 0.5) is 0 Å². The summed E-state index contributed by atoms with van der Waals surface area (Å²) < 4.78 is 4.91. The zero-order valence-electron chi connectivity index (χ0n) is 21.1. The second kappa shape index (κ2) is 12.6. The van der Waals surface area contributed by atoms with E-state index < -0.39 is 0 Å². The number of Topliss-reactive ketones (excluding diaryl/α,β-unsaturated/α-hetero) is 1. The molecular formula is C31H29N3O3. The van der Waals surface area contributed by atoms with Crippen molar-refractivity contribution < 1.29 is 14.3 Å². The minimum atomic E-state index is -0.00161. The third-order valence-electron chi connectivity index (χ3n) is 6.01. The van der Waals surface area contributed by atoms with Crippen LogP contribution in [-0.2, 0) is 28.8 Å². The molecule has 0 radical (unpaired) electrons. The molecule has 0 aliphatic carbocycles. The smallest absolute Gasteiger partial charge is 0.167 e. The first-order chi connectivity index (χ1) is 18.0. The van der Waals surface area contributed by atoms with E-state index in [-0.39, 0.29) is 11.6 Å². The molecule has 4 aromatic rings. The molecule has 186 valence electrons. The number of carbonyl (C=O) groups is 2. The summed E-state index contributed by atoms with van der Waals surface area (Å²) >= 11 is 0. The third kappa shape index (κ3) is 7.35. The van der Waals surface area contributed by atoms with E-state index in [9.17, 15) is 9.59 Å². The number of nitrogens with zero attached hydrogens (tertiary/aromatic N) is 3. The maximum Gasteiger partial charge on any atom is 0.167 e. The van der Waals surface area contributed by atoms with Crippen molar-refractivity contribution in [2.75, 3.05) is 13.7 Å². The van der Waals surface area contributed by atoms with Crippen molar-refractivity contribution in [1.82, 2.24) is 15.0 Å². The van der Waals surface area contributed by atoms with Crippen LogP contribution < -0.4 is 0 Å². The maximum absolute atomic E-state index is 13.0. The summed E-state index contributed by atoms with van der Waals surface area (Å²) in [5, 5.41) is 0. The van der Waals surface area contributed by atoms with Crippen LogP contribution >= 0.6 is 0 Å². The Kier molecular flexibility index (Phi) is 8.79. The fraction of sp³-hybridized carbons (Fsp3) is 0.194. The number of allylic oxidation sites excluding steroid dienone is 1. The molecule has 0 unspecified atom stereocenters. The van der Waals surface area contributed by atoms with Crippen LogP contribution in [0.25, 0.3) is 11.3 Å². The van der Waals surface area contributed by atoms with Gasteiger partial charge in [0.1, 0.15) is 5.82 Å². The Morgan fingerprint density at radius 1 is 0.946 bits per heavy atom. The highest BCUT2D eigenvalue weighted by Gasteiger charge is 2.11. The highest BCUT2D eigenvalue weighted by Crippen LogP contribution is 2.19. The van der Waals surface area contributed by atoms with E-state index >= 15 is 0 Å². The van der Waals surface area contributed by atoms with Gasteiger partial charge in [-0.2, -0.15) is 0 Å². The number of ketones is 2. The van der Waals surface area contributed by atoms with Crippen molar-refractivity contribution in [1.29, 1.82) is 0 Å². The van der Waals surface area contributed by atoms with Crippen LogP contribution in [0, 0.1) is 6.92 Å². The van der Waals surface area contributed by atoms with E-state index in [2.05, 4.69) is 23.0 Å². The molecule has 6 nitrogen and oxygen atoms in total. The highest BCUT2D eigenvalue weighted by molar-refractivity contribution is 5.97. The number of aromatic nitrogens is 3. The number of benzene rings is 2. The van der Waals surface area contributed by atoms with Crippen LogP contribution in [0.2, 0.25) is 0 Å². The van der Waals surface area contributed by atoms with Gasteiger partial charge in [-0.25, -0.2) is 9.97 Å². The lowest BCUT2D eigenvalue weighted by atomic mass is 9.96. The molecule has 0 bridgehead atoms. The van der Waals surface area contributed by atoms with E-state index in [1.54, 1.807) is 43.9 Å². The Bertz CT molecular complexity index is 1400. The van der Waals surface area contributed by atoms with Crippen molar-refractivity contribution in [3.63, 3.8) is 0 Å². The number of methoxy groups -OCH3 is 1. The molecule has 0 saturated heterocycles. The van der Waals surface area contributed by atoms with E-state index in [1.165, 1.54) is 6.08 Å². The molecule has 37 heavy (non-hydrogen) atoms. The Balaban J connectivity index is 1.42. The predicted octanol–water partition coefficient (Wildman–Crippen LogP) is 5.18. The predicted molar refractivity (Wildman–Crippen MR) is 143 cm³/mol. The standard InChI is InChI=1S/C31H29N3O3/c1-22-7-8-24(17-27(22)20-31-33-15-13-29(34-31)26-5-3-14-32-21-26)19-30(36)25-11-9-23(10-12-25)18-28(35)6-4-16-37-2/h3-15,17,21H,16,18-20H2,1-2H3/b6-4+. The molecule has 0 N–H and O–H groups in total. The largest absolute Gasteiger partial charge is 0.381 e. The summed E-state index contributed by atoms with van der Waals surface area (Å²) in [5.41, 5.74) is 6.43. The van der Waals surface area contributed by atoms with Crippen molar-refractivity contribution in [3.05, 3.63) is 125 Å². The monoisotopic (exact) mass is 491 g/mol. The first kappa shape index (κ1) is 25.8. The number of aryl methyl sites for hydroxylation is 1. The highest BCUT2D eigenvalue weighted by atomic mass is 16.5. The summed E-state index contributed by atoms with van der Waals surface area (Å²) in [7, 11) is 1.58. The number of pyridine rings is 1. The Labute approximate surface area is 217 Å². The van der Waals surface area contributed by atoms with Gasteiger partial charge in [-0.1, -0.05) is 48.5 Å². The minimum Gasteiger partial charge on any atom is -0.381 e. The molecule has 0 spiro atoms. The van der Waals surface area contributed by atoms with Gasteiger partial charge in [-0.3, -0.25) is 14.6 Å². The lowest BCUT2D eigenvalue weighted by Gasteiger charge is -2.10. The van der Waals surface area contributed by atoms with Crippen LogP contribution in [0.3, 0.4) is 0 Å². The molecule has 0 saturated carbocycles. The van der Waals surface area contributed by atoms with Gasteiger partial charge in [0.25, 0.3) is 0 Å². The lowest BCUT2D eigenvalue weighted by Crippen LogP contribution is -2.06. The van der Waals surface area contributed by atoms with Gasteiger partial charge in [-0.15, -0.1) is 0 Å². The maximum atomic E-state index is 13.0. The average Bonchev–Trinajstić information content (AvgIpc) is 2.92. The molecule has 0 atom stereocenters. The molecule has 2 aromatic carbocycles. The van der Waals surface area contributed by atoms with Gasteiger partial charge >= 0.3 is 0 Å². The number of hydrogen-bond acceptors (Lipinski definition) is 6. The second-order valence-electron chi connectivity index (χ2n) is 8.84. The van der Waals surface area contributed by atoms with Crippen molar-refractivity contribution in [3.8, 4) is 11.3 Å². The first-order valence-corrected chi connectivity index (χ1v) is 12.1. The van der Waals surface area contributed by atoms with Gasteiger partial charge < -0.3 is 4.74 Å². The van der Waals surface area contributed by atoms with Crippen LogP contribution in [0.1, 0.15) is 38.4 Å². The zero-order valence-corrected chi connectivity index (χ0v) is 21.1. The van der Waals surface area contributed by atoms with Gasteiger partial charge in [0.05, 0.1) is 12.3 Å². The summed E-state index contributed by atoms with van der Waals surface area (Å²) in [6.45, 7) is 2.46. The number of carbonyl (C=O) groups excluding carboxylic acids is 2. The lowest BCUT2D eigenvalue weighted by molar-refractivity contribution is -0.114. The molecule has 4 rings (SSSR count). The summed E-state index contributed by atoms with van der Waals surface area (Å²) in [6, 6.07) is 19.1. The summed E-state index contributed by atoms with van der Waals surface area (Å²) in [5.74, 6) is 0.746. The van der Waals surface area contributed by atoms with Crippen molar-refractivity contribution in [2.24, 2.45) is 0 Å². The molecule has 0 fully saturated rings. The molecule has 6 heteroatoms. The van der Waals surface area contributed by atoms with Gasteiger partial charge in [0.15, 0.2) is 11.6 Å². The second-order valence-corrected chi connectivity index (χ2v) is 8.84. The van der Waals surface area contributed by atoms with Crippen molar-refractivity contribution in [2.45, 2.75) is 26.2 Å². The third-order valence-corrected chi connectivity index (χ3v) is 6.01. The number of ether oxygens (including phenoxy) is 1. The van der Waals surface area contributed by atoms with E-state index in [0.29, 0.717) is 31.4 Å². The normalized spacial score (nSPS) is 11.1.